The van der Waals surface area contributed by atoms with Gasteiger partial charge in [-0.25, -0.2) is 14.4 Å². The zero-order chi connectivity index (χ0) is 31.4. The van der Waals surface area contributed by atoms with Gasteiger partial charge in [0.25, 0.3) is 11.8 Å². The quantitative estimate of drug-likeness (QED) is 0.168. The summed E-state index contributed by atoms with van der Waals surface area (Å²) in [5.41, 5.74) is 2.14. The first-order valence-electron chi connectivity index (χ1n) is 13.5. The van der Waals surface area contributed by atoms with E-state index in [0.717, 1.165) is 17.3 Å². The molecule has 0 aliphatic carbocycles. The number of nitrogens with zero attached hydrogens (tertiary/aromatic N) is 3. The monoisotopic (exact) mass is 596 g/mol. The molecule has 0 saturated carbocycles. The third-order valence-electron chi connectivity index (χ3n) is 6.60. The fourth-order valence-electron chi connectivity index (χ4n) is 4.10. The van der Waals surface area contributed by atoms with Crippen molar-refractivity contribution in [2.24, 2.45) is 0 Å². The molecule has 224 valence electrons. The lowest BCUT2D eigenvalue weighted by Gasteiger charge is -2.30. The number of pyridine rings is 1. The lowest BCUT2D eigenvalue weighted by molar-refractivity contribution is -0.129. The predicted octanol–water partition coefficient (Wildman–Crippen LogP) is 4.97. The minimum absolute atomic E-state index is 0.0935. The van der Waals surface area contributed by atoms with Crippen LogP contribution in [-0.2, 0) is 16.1 Å². The second-order valence-corrected chi connectivity index (χ2v) is 10.4. The number of aromatic nitrogens is 3. The molecule has 44 heavy (non-hydrogen) atoms. The molecular formula is C31H29FN8O4. The number of hydrogen-bond donors (Lipinski definition) is 5. The number of carbonyl (C=O) groups excluding carboxylic acids is 3. The average molecular weight is 597 g/mol. The molecule has 4 aromatic rings. The van der Waals surface area contributed by atoms with E-state index >= 15 is 0 Å². The molecule has 12 nitrogen and oxygen atoms in total. The maximum absolute atomic E-state index is 14.7. The number of nitrogens with one attached hydrogen (secondary N) is 5. The summed E-state index contributed by atoms with van der Waals surface area (Å²) in [6, 6.07) is 15.3. The third-order valence-corrected chi connectivity index (χ3v) is 6.60. The molecule has 3 amide bonds. The number of amides is 3. The topological polar surface area (TPSA) is 159 Å². The van der Waals surface area contributed by atoms with Crippen LogP contribution in [0.5, 0.6) is 5.75 Å². The summed E-state index contributed by atoms with van der Waals surface area (Å²) in [6.07, 6.45) is 2.20. The van der Waals surface area contributed by atoms with Crippen molar-refractivity contribution in [1.29, 1.82) is 0 Å². The van der Waals surface area contributed by atoms with E-state index in [1.165, 1.54) is 6.08 Å². The lowest BCUT2D eigenvalue weighted by Crippen LogP contribution is -2.46. The summed E-state index contributed by atoms with van der Waals surface area (Å²) in [7, 11) is 0. The van der Waals surface area contributed by atoms with Gasteiger partial charge in [-0.05, 0) is 74.4 Å². The van der Waals surface area contributed by atoms with E-state index in [-0.39, 0.29) is 41.1 Å². The van der Waals surface area contributed by atoms with Gasteiger partial charge in [0.05, 0.1) is 6.20 Å². The number of carbonyl (C=O) groups is 3. The van der Waals surface area contributed by atoms with Crippen LogP contribution in [0, 0.1) is 12.7 Å². The van der Waals surface area contributed by atoms with Crippen molar-refractivity contribution in [3.05, 3.63) is 96.0 Å². The zero-order valence-electron chi connectivity index (χ0n) is 24.1. The fraction of sp³-hybridized carbons (Fsp3) is 0.161. The van der Waals surface area contributed by atoms with Crippen LogP contribution in [-0.4, -0.2) is 38.3 Å². The van der Waals surface area contributed by atoms with Gasteiger partial charge in [-0.2, -0.15) is 4.98 Å². The van der Waals surface area contributed by atoms with Crippen molar-refractivity contribution in [2.45, 2.75) is 32.9 Å². The number of ether oxygens (including phenoxy) is 1. The van der Waals surface area contributed by atoms with E-state index in [4.69, 9.17) is 4.74 Å². The Morgan fingerprint density at radius 3 is 2.59 bits per heavy atom. The van der Waals surface area contributed by atoms with Crippen LogP contribution in [0.2, 0.25) is 0 Å². The van der Waals surface area contributed by atoms with Gasteiger partial charge in [-0.1, -0.05) is 24.8 Å². The highest BCUT2D eigenvalue weighted by Crippen LogP contribution is 2.34. The maximum atomic E-state index is 14.7. The summed E-state index contributed by atoms with van der Waals surface area (Å²) < 4.78 is 20.3. The minimum Gasteiger partial charge on any atom is -0.474 e. The van der Waals surface area contributed by atoms with Gasteiger partial charge in [0.2, 0.25) is 11.9 Å². The van der Waals surface area contributed by atoms with Gasteiger partial charge in [0, 0.05) is 23.5 Å². The minimum atomic E-state index is -1.04. The zero-order valence-corrected chi connectivity index (χ0v) is 24.1. The average Bonchev–Trinajstić information content (AvgIpc) is 3.00. The Balaban J connectivity index is 1.27. The number of aryl methyl sites for hydroxylation is 1. The summed E-state index contributed by atoms with van der Waals surface area (Å²) >= 11 is 0. The van der Waals surface area contributed by atoms with Crippen molar-refractivity contribution in [2.75, 3.05) is 21.3 Å². The van der Waals surface area contributed by atoms with Gasteiger partial charge in [-0.3, -0.25) is 14.4 Å². The molecule has 1 aliphatic rings. The number of rotatable bonds is 9. The van der Waals surface area contributed by atoms with Crippen molar-refractivity contribution in [3.63, 3.8) is 0 Å². The highest BCUT2D eigenvalue weighted by molar-refractivity contribution is 6.04. The van der Waals surface area contributed by atoms with E-state index in [1.807, 2.05) is 6.92 Å². The van der Waals surface area contributed by atoms with Crippen LogP contribution < -0.4 is 31.3 Å². The largest absolute Gasteiger partial charge is 0.474 e. The molecule has 3 heterocycles. The van der Waals surface area contributed by atoms with Gasteiger partial charge >= 0.3 is 0 Å². The summed E-state index contributed by atoms with van der Waals surface area (Å²) in [5, 5.41) is 14.1. The Morgan fingerprint density at radius 1 is 1.07 bits per heavy atom. The van der Waals surface area contributed by atoms with E-state index in [1.54, 1.807) is 68.4 Å². The molecule has 2 aromatic heterocycles. The predicted molar refractivity (Wildman–Crippen MR) is 164 cm³/mol. The van der Waals surface area contributed by atoms with E-state index in [0.29, 0.717) is 29.2 Å². The number of fused-ring (bicyclic) bond motifs is 1. The molecular weight excluding hydrogens is 567 g/mol. The molecule has 0 atom stereocenters. The SMILES string of the molecule is C=CC(=O)NCc1ccc(C(=O)Nc2ccc(C)c(Nc3ncc(F)c(Nc4ccc5c(n4)NC(=O)C(C)(C)O5)n3)c2)cc1. The normalized spacial score (nSPS) is 13.0. The van der Waals surface area contributed by atoms with Crippen LogP contribution in [0.25, 0.3) is 0 Å². The maximum Gasteiger partial charge on any atom is 0.269 e. The Hall–Kier alpha value is -5.85. The molecule has 0 spiro atoms. The first-order chi connectivity index (χ1) is 21.0. The van der Waals surface area contributed by atoms with Gasteiger partial charge < -0.3 is 31.3 Å². The number of halogens is 1. The van der Waals surface area contributed by atoms with E-state index in [9.17, 15) is 18.8 Å². The molecule has 5 rings (SSSR count). The number of hydrogen-bond acceptors (Lipinski definition) is 9. The first kappa shape index (κ1) is 29.6. The number of anilines is 6. The third kappa shape index (κ3) is 6.78. The van der Waals surface area contributed by atoms with Crippen LogP contribution >= 0.6 is 0 Å². The molecule has 0 bridgehead atoms. The molecule has 13 heteroatoms. The van der Waals surface area contributed by atoms with Crippen molar-refractivity contribution < 1.29 is 23.5 Å². The van der Waals surface area contributed by atoms with E-state index < -0.39 is 11.4 Å². The molecule has 0 fully saturated rings. The van der Waals surface area contributed by atoms with Crippen molar-refractivity contribution in [3.8, 4) is 5.75 Å². The summed E-state index contributed by atoms with van der Waals surface area (Å²) in [4.78, 5) is 49.1. The Morgan fingerprint density at radius 2 is 1.84 bits per heavy atom. The summed E-state index contributed by atoms with van der Waals surface area (Å²) in [6.45, 7) is 8.87. The van der Waals surface area contributed by atoms with E-state index in [2.05, 4.69) is 48.1 Å². The van der Waals surface area contributed by atoms with Gasteiger partial charge in [0.1, 0.15) is 5.82 Å². The molecule has 0 unspecified atom stereocenters. The van der Waals surface area contributed by atoms with Crippen LogP contribution in [0.1, 0.15) is 35.3 Å². The fourth-order valence-corrected chi connectivity index (χ4v) is 4.10. The van der Waals surface area contributed by atoms with Crippen LogP contribution in [0.4, 0.5) is 39.2 Å². The van der Waals surface area contributed by atoms with Crippen LogP contribution in [0.3, 0.4) is 0 Å². The van der Waals surface area contributed by atoms with Crippen molar-refractivity contribution in [1.82, 2.24) is 20.3 Å². The molecule has 2 aromatic carbocycles. The molecule has 0 saturated heterocycles. The second kappa shape index (κ2) is 12.2. The molecule has 0 radical (unpaired) electrons. The second-order valence-electron chi connectivity index (χ2n) is 10.4. The van der Waals surface area contributed by atoms with Gasteiger partial charge in [0.15, 0.2) is 28.8 Å². The molecule has 1 aliphatic heterocycles. The first-order valence-corrected chi connectivity index (χ1v) is 13.5. The smallest absolute Gasteiger partial charge is 0.269 e. The Kier molecular flexibility index (Phi) is 8.20. The Bertz CT molecular complexity index is 1780. The Labute approximate surface area is 252 Å². The molecule has 5 N–H and O–H groups in total. The standard InChI is InChI=1S/C31H29FN8O4/c1-5-25(41)33-15-18-7-9-19(10-8-18)28(42)35-20-11-6-17(2)22(14-20)36-30-34-16-21(32)26(40-30)37-24-13-12-23-27(38-24)39-29(43)31(3,4)44-23/h5-14,16H,1,15H2,2-4H3,(H,33,41)(H,35,42)(H3,34,36,37,38,39,40,43). The van der Waals surface area contributed by atoms with Gasteiger partial charge in [-0.15, -0.1) is 0 Å². The van der Waals surface area contributed by atoms with Crippen LogP contribution in [0.15, 0.2) is 73.4 Å². The van der Waals surface area contributed by atoms with Crippen molar-refractivity contribution >= 4 is 52.5 Å². The summed E-state index contributed by atoms with van der Waals surface area (Å²) in [5.74, 6) is -0.912. The number of benzene rings is 2. The highest BCUT2D eigenvalue weighted by Gasteiger charge is 2.36. The lowest BCUT2D eigenvalue weighted by atomic mass is 10.1. The highest BCUT2D eigenvalue weighted by atomic mass is 19.1.